The summed E-state index contributed by atoms with van der Waals surface area (Å²) < 4.78 is 11.7. The Balaban J connectivity index is 2.46. The van der Waals surface area contributed by atoms with Crippen molar-refractivity contribution in [2.45, 2.75) is 71.6 Å². The number of pyridine rings is 1. The van der Waals surface area contributed by atoms with Gasteiger partial charge >= 0.3 is 12.2 Å². The van der Waals surface area contributed by atoms with E-state index in [1.165, 1.54) is 11.8 Å². The summed E-state index contributed by atoms with van der Waals surface area (Å²) in [7, 11) is 0. The molecule has 0 spiro atoms. The van der Waals surface area contributed by atoms with Gasteiger partial charge in [-0.15, -0.1) is 0 Å². The predicted octanol–water partition coefficient (Wildman–Crippen LogP) is 5.72. The van der Waals surface area contributed by atoms with E-state index in [0.717, 1.165) is 21.4 Å². The molecule has 0 aliphatic carbocycles. The number of halogens is 1. The van der Waals surface area contributed by atoms with Crippen molar-refractivity contribution in [3.05, 3.63) is 28.5 Å². The molecule has 0 saturated heterocycles. The summed E-state index contributed by atoms with van der Waals surface area (Å²) in [5.41, 5.74) is -1.29. The summed E-state index contributed by atoms with van der Waals surface area (Å²) in [4.78, 5) is 35.6. The van der Waals surface area contributed by atoms with Gasteiger partial charge in [0.25, 0.3) is 0 Å². The molecule has 0 N–H and O–H groups in total. The summed E-state index contributed by atoms with van der Waals surface area (Å²) in [6, 6.07) is 1.94. The van der Waals surface area contributed by atoms with E-state index < -0.39 is 28.9 Å². The van der Waals surface area contributed by atoms with Crippen LogP contribution in [0.1, 0.15) is 60.5 Å². The molecule has 29 heavy (non-hydrogen) atoms. The maximum absolute atomic E-state index is 12.9. The molecule has 7 nitrogen and oxygen atoms in total. The fourth-order valence-electron chi connectivity index (χ4n) is 2.52. The van der Waals surface area contributed by atoms with E-state index in [-0.39, 0.29) is 5.17 Å². The van der Waals surface area contributed by atoms with E-state index in [4.69, 9.17) is 14.5 Å². The second-order valence-corrected chi connectivity index (χ2v) is 10.9. The van der Waals surface area contributed by atoms with Gasteiger partial charge in [0.1, 0.15) is 11.2 Å². The minimum atomic E-state index is -0.811. The van der Waals surface area contributed by atoms with Crippen molar-refractivity contribution in [3.8, 4) is 0 Å². The number of aromatic nitrogens is 1. The van der Waals surface area contributed by atoms with Crippen LogP contribution in [-0.2, 0) is 15.0 Å². The number of nitrogens with zero attached hydrogens (tertiary/aromatic N) is 3. The zero-order valence-corrected chi connectivity index (χ0v) is 20.3. The quantitative estimate of drug-likeness (QED) is 0.505. The SMILES string of the molecule is CC(C)(C)OC(=O)N(C(=O)OC(C)(C)C)C1=N[C@](C)(c2cncc(Br)c2)CCS1. The number of carbonyl (C=O) groups excluding carboxylic acids is 2. The Labute approximate surface area is 184 Å². The Morgan fingerprint density at radius 1 is 1.10 bits per heavy atom. The van der Waals surface area contributed by atoms with Gasteiger partial charge in [0.2, 0.25) is 0 Å². The van der Waals surface area contributed by atoms with Crippen LogP contribution in [0, 0.1) is 0 Å². The Morgan fingerprint density at radius 2 is 1.66 bits per heavy atom. The molecule has 1 aromatic rings. The van der Waals surface area contributed by atoms with Crippen molar-refractivity contribution < 1.29 is 19.1 Å². The fourth-order valence-corrected chi connectivity index (χ4v) is 4.11. The lowest BCUT2D eigenvalue weighted by Gasteiger charge is -2.34. The van der Waals surface area contributed by atoms with Gasteiger partial charge in [-0.25, -0.2) is 9.59 Å². The van der Waals surface area contributed by atoms with Crippen LogP contribution in [0.3, 0.4) is 0 Å². The smallest absolute Gasteiger partial charge is 0.426 e. The monoisotopic (exact) mass is 485 g/mol. The van der Waals surface area contributed by atoms with E-state index in [9.17, 15) is 9.59 Å². The van der Waals surface area contributed by atoms with Crippen LogP contribution in [-0.4, -0.2) is 44.2 Å². The number of imide groups is 1. The highest BCUT2D eigenvalue weighted by Crippen LogP contribution is 2.37. The first kappa shape index (κ1) is 23.7. The van der Waals surface area contributed by atoms with Gasteiger partial charge in [0.15, 0.2) is 5.17 Å². The Bertz CT molecular complexity index is 789. The highest BCUT2D eigenvalue weighted by Gasteiger charge is 2.39. The minimum absolute atomic E-state index is 0.252. The lowest BCUT2D eigenvalue weighted by atomic mass is 9.91. The number of thioether (sulfide) groups is 1. The third-order valence-electron chi connectivity index (χ3n) is 3.83. The molecule has 1 aromatic heterocycles. The molecule has 0 radical (unpaired) electrons. The van der Waals surface area contributed by atoms with Gasteiger partial charge in [-0.3, -0.25) is 9.98 Å². The Morgan fingerprint density at radius 3 is 2.14 bits per heavy atom. The topological polar surface area (TPSA) is 81.1 Å². The van der Waals surface area contributed by atoms with Crippen LogP contribution in [0.5, 0.6) is 0 Å². The highest BCUT2D eigenvalue weighted by atomic mass is 79.9. The molecule has 0 aromatic carbocycles. The number of ether oxygens (including phenoxy) is 2. The van der Waals surface area contributed by atoms with Crippen LogP contribution in [0.2, 0.25) is 0 Å². The van der Waals surface area contributed by atoms with Gasteiger partial charge in [-0.1, -0.05) is 11.8 Å². The Kier molecular flexibility index (Phi) is 7.05. The molecule has 2 rings (SSSR count). The maximum atomic E-state index is 12.9. The molecule has 0 saturated carbocycles. The lowest BCUT2D eigenvalue weighted by Crippen LogP contribution is -2.47. The molecule has 1 atom stereocenters. The molecule has 2 heterocycles. The average molecular weight is 486 g/mol. The van der Waals surface area contributed by atoms with Crippen LogP contribution >= 0.6 is 27.7 Å². The number of amides is 2. The van der Waals surface area contributed by atoms with E-state index in [1.807, 2.05) is 13.0 Å². The second kappa shape index (κ2) is 8.63. The normalized spacial score (nSPS) is 19.9. The van der Waals surface area contributed by atoms with Crippen molar-refractivity contribution in [1.29, 1.82) is 0 Å². The third kappa shape index (κ3) is 6.70. The van der Waals surface area contributed by atoms with Gasteiger partial charge in [0.05, 0.1) is 5.54 Å². The molecule has 0 bridgehead atoms. The number of hydrogen-bond donors (Lipinski definition) is 0. The van der Waals surface area contributed by atoms with Crippen LogP contribution in [0.25, 0.3) is 0 Å². The van der Waals surface area contributed by atoms with Gasteiger partial charge in [0, 0.05) is 22.6 Å². The molecule has 1 aliphatic heterocycles. The van der Waals surface area contributed by atoms with Gasteiger partial charge < -0.3 is 9.47 Å². The van der Waals surface area contributed by atoms with Crippen molar-refractivity contribution in [1.82, 2.24) is 9.88 Å². The lowest BCUT2D eigenvalue weighted by molar-refractivity contribution is 0.0151. The standard InChI is InChI=1S/C20H28BrN3O4S/c1-18(2,3)27-16(25)24(17(26)28-19(4,5)6)15-23-20(7,8-9-29-15)13-10-14(21)12-22-11-13/h10-12H,8-9H2,1-7H3/t20-/m0/s1. The summed E-state index contributed by atoms with van der Waals surface area (Å²) in [5.74, 6) is 0.671. The Hall–Kier alpha value is -1.61. The molecule has 1 aliphatic rings. The average Bonchev–Trinajstić information content (AvgIpc) is 2.51. The second-order valence-electron chi connectivity index (χ2n) is 8.95. The van der Waals surface area contributed by atoms with Crippen molar-refractivity contribution in [3.63, 3.8) is 0 Å². The molecular weight excluding hydrogens is 458 g/mol. The van der Waals surface area contributed by atoms with E-state index >= 15 is 0 Å². The number of rotatable bonds is 1. The minimum Gasteiger partial charge on any atom is -0.443 e. The number of aliphatic imine (C=N–C) groups is 1. The van der Waals surface area contributed by atoms with Gasteiger partial charge in [-0.05, 0) is 82.4 Å². The number of amidine groups is 1. The summed E-state index contributed by atoms with van der Waals surface area (Å²) in [5, 5.41) is 0.252. The predicted molar refractivity (Wildman–Crippen MR) is 118 cm³/mol. The molecule has 2 amide bonds. The maximum Gasteiger partial charge on any atom is 0.426 e. The molecule has 0 unspecified atom stereocenters. The van der Waals surface area contributed by atoms with Crippen molar-refractivity contribution >= 4 is 45.0 Å². The zero-order chi connectivity index (χ0) is 22.0. The molecule has 0 fully saturated rings. The van der Waals surface area contributed by atoms with E-state index in [0.29, 0.717) is 5.75 Å². The van der Waals surface area contributed by atoms with Crippen LogP contribution in [0.15, 0.2) is 27.9 Å². The van der Waals surface area contributed by atoms with Crippen molar-refractivity contribution in [2.75, 3.05) is 5.75 Å². The first-order valence-corrected chi connectivity index (χ1v) is 11.1. The zero-order valence-electron chi connectivity index (χ0n) is 17.9. The molecular formula is C20H28BrN3O4S. The first-order valence-electron chi connectivity index (χ1n) is 9.30. The first-order chi connectivity index (χ1) is 13.2. The molecule has 9 heteroatoms. The highest BCUT2D eigenvalue weighted by molar-refractivity contribution is 9.10. The van der Waals surface area contributed by atoms with Crippen LogP contribution in [0.4, 0.5) is 9.59 Å². The number of carbonyl (C=O) groups is 2. The van der Waals surface area contributed by atoms with Gasteiger partial charge in [-0.2, -0.15) is 4.90 Å². The fraction of sp³-hybridized carbons (Fsp3) is 0.600. The number of hydrogen-bond acceptors (Lipinski definition) is 7. The van der Waals surface area contributed by atoms with Crippen molar-refractivity contribution in [2.24, 2.45) is 4.99 Å². The summed E-state index contributed by atoms with van der Waals surface area (Å²) >= 11 is 4.76. The molecule has 160 valence electrons. The van der Waals surface area contributed by atoms with Crippen LogP contribution < -0.4 is 0 Å². The largest absolute Gasteiger partial charge is 0.443 e. The third-order valence-corrected chi connectivity index (χ3v) is 5.21. The van der Waals surface area contributed by atoms with E-state index in [1.54, 1.807) is 53.9 Å². The summed E-state index contributed by atoms with van der Waals surface area (Å²) in [6.07, 6.45) is 2.55. The van der Waals surface area contributed by atoms with E-state index in [2.05, 4.69) is 20.9 Å². The summed E-state index contributed by atoms with van der Waals surface area (Å²) in [6.45, 7) is 12.4.